The van der Waals surface area contributed by atoms with Gasteiger partial charge in [-0.25, -0.2) is 4.98 Å². The molecule has 3 heteroatoms. The maximum Gasteiger partial charge on any atom is 0.0992 e. The van der Waals surface area contributed by atoms with Crippen LogP contribution in [0.2, 0.25) is 0 Å². The number of hydrogen-bond acceptors (Lipinski definition) is 2. The normalized spacial score (nSPS) is 24.2. The van der Waals surface area contributed by atoms with Crippen LogP contribution in [-0.4, -0.2) is 14.5 Å². The van der Waals surface area contributed by atoms with Gasteiger partial charge in [0, 0.05) is 11.8 Å². The molecule has 2 saturated carbocycles. The average molecular weight is 361 g/mol. The van der Waals surface area contributed by atoms with E-state index in [1.807, 2.05) is 12.5 Å². The largest absolute Gasteiger partial charge is 0.388 e. The van der Waals surface area contributed by atoms with E-state index >= 15 is 0 Å². The van der Waals surface area contributed by atoms with Gasteiger partial charge in [0.1, 0.15) is 0 Å². The van der Waals surface area contributed by atoms with Crippen LogP contribution < -0.4 is 0 Å². The average Bonchev–Trinajstić information content (AvgIpc) is 3.44. The van der Waals surface area contributed by atoms with E-state index in [0.717, 1.165) is 23.9 Å². The number of imidazole rings is 1. The molecule has 2 fully saturated rings. The quantitative estimate of drug-likeness (QED) is 0.664. The molecule has 0 spiro atoms. The molecule has 5 rings (SSSR count). The number of aryl methyl sites for hydroxylation is 1. The topological polar surface area (TPSA) is 37.5 Å². The summed E-state index contributed by atoms with van der Waals surface area (Å²) >= 11 is 0. The van der Waals surface area contributed by atoms with E-state index in [2.05, 4.69) is 52.8 Å². The van der Waals surface area contributed by atoms with Crippen LogP contribution in [0.4, 0.5) is 0 Å². The Morgan fingerprint density at radius 2 is 1.67 bits per heavy atom. The van der Waals surface area contributed by atoms with Gasteiger partial charge in [0.25, 0.3) is 0 Å². The summed E-state index contributed by atoms with van der Waals surface area (Å²) in [5.74, 6) is 1.63. The molecule has 0 bridgehead atoms. The molecule has 0 unspecified atom stereocenters. The number of benzene rings is 1. The van der Waals surface area contributed by atoms with Crippen LogP contribution in [0.5, 0.6) is 0 Å². The summed E-state index contributed by atoms with van der Waals surface area (Å²) in [7, 11) is 0. The first-order chi connectivity index (χ1) is 13.2. The fourth-order valence-corrected chi connectivity index (χ4v) is 5.13. The van der Waals surface area contributed by atoms with Gasteiger partial charge in [-0.3, -0.25) is 0 Å². The van der Waals surface area contributed by atoms with Crippen molar-refractivity contribution in [3.8, 4) is 0 Å². The predicted molar refractivity (Wildman–Crippen MR) is 108 cm³/mol. The van der Waals surface area contributed by atoms with Crippen LogP contribution in [0, 0.1) is 12.8 Å². The van der Waals surface area contributed by atoms with Gasteiger partial charge >= 0.3 is 0 Å². The number of rotatable bonds is 4. The van der Waals surface area contributed by atoms with Crippen LogP contribution >= 0.6 is 0 Å². The van der Waals surface area contributed by atoms with E-state index in [1.165, 1.54) is 42.4 Å². The van der Waals surface area contributed by atoms with Crippen LogP contribution in [0.15, 0.2) is 49.1 Å². The van der Waals surface area contributed by atoms with Gasteiger partial charge in [-0.05, 0) is 86.0 Å². The molecule has 3 nitrogen and oxygen atoms in total. The fourth-order valence-electron chi connectivity index (χ4n) is 5.13. The molecule has 0 amide bonds. The van der Waals surface area contributed by atoms with Gasteiger partial charge in [-0.1, -0.05) is 24.3 Å². The smallest absolute Gasteiger partial charge is 0.0992 e. The number of pyridine rings is 1. The number of hydrogen-bond donors (Lipinski definition) is 1. The van der Waals surface area contributed by atoms with Gasteiger partial charge in [0.2, 0.25) is 0 Å². The van der Waals surface area contributed by atoms with E-state index in [9.17, 15) is 5.11 Å². The third kappa shape index (κ3) is 3.08. The molecule has 140 valence electrons. The third-order valence-electron chi connectivity index (χ3n) is 6.83. The molecule has 0 aliphatic heterocycles. The molecule has 2 heterocycles. The van der Waals surface area contributed by atoms with E-state index < -0.39 is 0 Å². The Bertz CT molecular complexity index is 948. The minimum absolute atomic E-state index is 0.351. The van der Waals surface area contributed by atoms with Crippen LogP contribution in [0.1, 0.15) is 78.7 Å². The lowest BCUT2D eigenvalue weighted by Gasteiger charge is -2.33. The highest BCUT2D eigenvalue weighted by molar-refractivity contribution is 5.59. The molecular weight excluding hydrogens is 332 g/mol. The van der Waals surface area contributed by atoms with Crippen molar-refractivity contribution in [2.75, 3.05) is 0 Å². The van der Waals surface area contributed by atoms with Gasteiger partial charge in [0.15, 0.2) is 0 Å². The molecule has 27 heavy (non-hydrogen) atoms. The van der Waals surface area contributed by atoms with E-state index in [-0.39, 0.29) is 6.10 Å². The summed E-state index contributed by atoms with van der Waals surface area (Å²) in [5, 5.41) is 11.4. The van der Waals surface area contributed by atoms with Crippen molar-refractivity contribution in [3.63, 3.8) is 0 Å². The summed E-state index contributed by atoms with van der Waals surface area (Å²) in [5.41, 5.74) is 6.50. The third-order valence-corrected chi connectivity index (χ3v) is 6.83. The van der Waals surface area contributed by atoms with E-state index in [0.29, 0.717) is 17.8 Å². The van der Waals surface area contributed by atoms with Gasteiger partial charge in [0.05, 0.1) is 24.1 Å². The first-order valence-corrected chi connectivity index (χ1v) is 10.4. The number of nitrogens with zero attached hydrogens (tertiary/aromatic N) is 2. The Morgan fingerprint density at radius 1 is 0.963 bits per heavy atom. The standard InChI is InChI=1S/C24H28N2O/c1-16-4-2-3-5-20(16)17-8-10-19(11-9-17)24(27)23-21(18-6-7-18)12-13-26-15-25-14-22(23)26/h2-5,12-15,17-19,24,27H,6-11H2,1H3/t17-,19-,24-/m0/s1. The molecule has 1 aromatic carbocycles. The Balaban J connectivity index is 1.39. The predicted octanol–water partition coefficient (Wildman–Crippen LogP) is 5.53. The molecule has 1 N–H and O–H groups in total. The number of aromatic nitrogens is 2. The highest BCUT2D eigenvalue weighted by Crippen LogP contribution is 2.48. The van der Waals surface area contributed by atoms with Crippen molar-refractivity contribution in [3.05, 3.63) is 71.3 Å². The summed E-state index contributed by atoms with van der Waals surface area (Å²) in [6.07, 6.45) is 12.5. The maximum absolute atomic E-state index is 11.4. The zero-order chi connectivity index (χ0) is 18.4. The number of fused-ring (bicyclic) bond motifs is 1. The maximum atomic E-state index is 11.4. The Hall–Kier alpha value is -2.13. The second kappa shape index (κ2) is 6.79. The first-order valence-electron chi connectivity index (χ1n) is 10.4. The van der Waals surface area contributed by atoms with Gasteiger partial charge in [-0.2, -0.15) is 0 Å². The summed E-state index contributed by atoms with van der Waals surface area (Å²) in [6.45, 7) is 2.22. The molecule has 2 aliphatic carbocycles. The van der Waals surface area contributed by atoms with Crippen molar-refractivity contribution in [2.45, 2.75) is 63.4 Å². The summed E-state index contributed by atoms with van der Waals surface area (Å²) in [4.78, 5) is 4.32. The Morgan fingerprint density at radius 3 is 2.41 bits per heavy atom. The Labute approximate surface area is 161 Å². The fraction of sp³-hybridized carbons (Fsp3) is 0.458. The molecule has 0 saturated heterocycles. The molecule has 3 aromatic rings. The monoisotopic (exact) mass is 360 g/mol. The van der Waals surface area contributed by atoms with Gasteiger partial charge in [-0.15, -0.1) is 0 Å². The van der Waals surface area contributed by atoms with Crippen molar-refractivity contribution < 1.29 is 5.11 Å². The summed E-state index contributed by atoms with van der Waals surface area (Å²) < 4.78 is 2.06. The number of aliphatic hydroxyl groups is 1. The lowest BCUT2D eigenvalue weighted by Crippen LogP contribution is -2.21. The second-order valence-corrected chi connectivity index (χ2v) is 8.56. The minimum Gasteiger partial charge on any atom is -0.388 e. The van der Waals surface area contributed by atoms with Crippen molar-refractivity contribution in [1.82, 2.24) is 9.38 Å². The molecular formula is C24H28N2O. The molecule has 2 aromatic heterocycles. The first kappa shape index (κ1) is 17.0. The Kier molecular flexibility index (Phi) is 4.28. The second-order valence-electron chi connectivity index (χ2n) is 8.56. The lowest BCUT2D eigenvalue weighted by atomic mass is 9.74. The SMILES string of the molecule is Cc1ccccc1[C@H]1CC[C@H]([C@H](O)c2c(C3CC3)ccn3cncc23)CC1. The summed E-state index contributed by atoms with van der Waals surface area (Å²) in [6, 6.07) is 11.0. The number of aliphatic hydroxyl groups excluding tert-OH is 1. The zero-order valence-corrected chi connectivity index (χ0v) is 16.0. The lowest BCUT2D eigenvalue weighted by molar-refractivity contribution is 0.0810. The molecule has 0 radical (unpaired) electrons. The van der Waals surface area contributed by atoms with Crippen molar-refractivity contribution in [2.24, 2.45) is 5.92 Å². The van der Waals surface area contributed by atoms with Crippen molar-refractivity contribution in [1.29, 1.82) is 0 Å². The highest BCUT2D eigenvalue weighted by Gasteiger charge is 2.34. The van der Waals surface area contributed by atoms with Crippen molar-refractivity contribution >= 4 is 5.52 Å². The van der Waals surface area contributed by atoms with E-state index in [4.69, 9.17) is 0 Å². The van der Waals surface area contributed by atoms with Gasteiger partial charge < -0.3 is 9.51 Å². The molecule has 1 atom stereocenters. The minimum atomic E-state index is -0.376. The van der Waals surface area contributed by atoms with Crippen LogP contribution in [-0.2, 0) is 0 Å². The van der Waals surface area contributed by atoms with Crippen LogP contribution in [0.25, 0.3) is 5.52 Å². The van der Waals surface area contributed by atoms with Crippen LogP contribution in [0.3, 0.4) is 0 Å². The zero-order valence-electron chi connectivity index (χ0n) is 16.0. The molecule has 2 aliphatic rings. The van der Waals surface area contributed by atoms with E-state index in [1.54, 1.807) is 0 Å². The highest BCUT2D eigenvalue weighted by atomic mass is 16.3.